The lowest BCUT2D eigenvalue weighted by Crippen LogP contribution is -2.45. The number of aromatic nitrogens is 2. The van der Waals surface area contributed by atoms with Gasteiger partial charge >= 0.3 is 0 Å². The highest BCUT2D eigenvalue weighted by Gasteiger charge is 2.26. The van der Waals surface area contributed by atoms with Crippen LogP contribution in [0.5, 0.6) is 0 Å². The van der Waals surface area contributed by atoms with Gasteiger partial charge in [-0.15, -0.1) is 0 Å². The van der Waals surface area contributed by atoms with Gasteiger partial charge in [-0.25, -0.2) is 9.97 Å². The van der Waals surface area contributed by atoms with Gasteiger partial charge in [0.25, 0.3) is 0 Å². The highest BCUT2D eigenvalue weighted by atomic mass is 79.9. The second-order valence-corrected chi connectivity index (χ2v) is 7.56. The zero-order valence-electron chi connectivity index (χ0n) is 12.4. The number of nitrogens with zero attached hydrogens (tertiary/aromatic N) is 2. The standard InChI is InChI=1S/C16H17BrN4OS/c17-10-1-4-12(5-2-10)23-13-8-19-16(20-9-13)21-15-6-3-11(22)7-14(15)18/h1-2,4-5,8-9,14-15H,3,6-7,18H2,(H,19,20,21). The molecule has 23 heavy (non-hydrogen) atoms. The van der Waals surface area contributed by atoms with E-state index in [9.17, 15) is 4.79 Å². The van der Waals surface area contributed by atoms with Gasteiger partial charge in [0.1, 0.15) is 5.78 Å². The van der Waals surface area contributed by atoms with Crippen molar-refractivity contribution in [3.63, 3.8) is 0 Å². The van der Waals surface area contributed by atoms with Crippen LogP contribution in [-0.2, 0) is 4.79 Å². The van der Waals surface area contributed by atoms with E-state index in [0.717, 1.165) is 20.7 Å². The minimum Gasteiger partial charge on any atom is -0.350 e. The number of Topliss-reactive ketones (excluding diaryl/α,β-unsaturated/α-hetero) is 1. The second kappa shape index (κ2) is 7.42. The van der Waals surface area contributed by atoms with Gasteiger partial charge < -0.3 is 11.1 Å². The summed E-state index contributed by atoms with van der Waals surface area (Å²) in [5, 5.41) is 3.23. The van der Waals surface area contributed by atoms with Gasteiger partial charge in [0.2, 0.25) is 5.95 Å². The predicted molar refractivity (Wildman–Crippen MR) is 94.5 cm³/mol. The van der Waals surface area contributed by atoms with Crippen molar-refractivity contribution in [3.05, 3.63) is 41.1 Å². The van der Waals surface area contributed by atoms with Crippen LogP contribution in [0.4, 0.5) is 5.95 Å². The Kier molecular flexibility index (Phi) is 5.30. The topological polar surface area (TPSA) is 80.9 Å². The average Bonchev–Trinajstić information content (AvgIpc) is 2.54. The lowest BCUT2D eigenvalue weighted by Gasteiger charge is -2.28. The Morgan fingerprint density at radius 2 is 1.87 bits per heavy atom. The maximum Gasteiger partial charge on any atom is 0.222 e. The van der Waals surface area contributed by atoms with Crippen LogP contribution in [-0.4, -0.2) is 27.8 Å². The molecule has 1 heterocycles. The molecule has 1 aliphatic carbocycles. The zero-order valence-corrected chi connectivity index (χ0v) is 14.8. The lowest BCUT2D eigenvalue weighted by molar-refractivity contribution is -0.120. The van der Waals surface area contributed by atoms with Crippen molar-refractivity contribution >= 4 is 39.4 Å². The van der Waals surface area contributed by atoms with Gasteiger partial charge in [0, 0.05) is 51.6 Å². The number of nitrogens with one attached hydrogen (secondary N) is 1. The van der Waals surface area contributed by atoms with Crippen LogP contribution >= 0.6 is 27.7 Å². The van der Waals surface area contributed by atoms with Gasteiger partial charge in [0.05, 0.1) is 0 Å². The summed E-state index contributed by atoms with van der Waals surface area (Å²) in [5.41, 5.74) is 6.01. The minimum absolute atomic E-state index is 0.0534. The summed E-state index contributed by atoms with van der Waals surface area (Å²) in [7, 11) is 0. The van der Waals surface area contributed by atoms with Crippen molar-refractivity contribution in [2.24, 2.45) is 5.73 Å². The van der Waals surface area contributed by atoms with E-state index in [1.54, 1.807) is 24.2 Å². The Hall–Kier alpha value is -1.44. The van der Waals surface area contributed by atoms with E-state index in [-0.39, 0.29) is 17.9 Å². The van der Waals surface area contributed by atoms with Crippen molar-refractivity contribution in [2.75, 3.05) is 5.32 Å². The van der Waals surface area contributed by atoms with E-state index in [1.807, 2.05) is 24.3 Å². The van der Waals surface area contributed by atoms with Crippen LogP contribution in [0, 0.1) is 0 Å². The van der Waals surface area contributed by atoms with E-state index < -0.39 is 0 Å². The summed E-state index contributed by atoms with van der Waals surface area (Å²) in [6.45, 7) is 0. The summed E-state index contributed by atoms with van der Waals surface area (Å²) in [6.07, 6.45) is 5.32. The molecule has 1 aromatic heterocycles. The molecule has 7 heteroatoms. The number of benzene rings is 1. The summed E-state index contributed by atoms with van der Waals surface area (Å²) in [4.78, 5) is 22.2. The van der Waals surface area contributed by atoms with Gasteiger partial charge in [-0.1, -0.05) is 27.7 Å². The SMILES string of the molecule is NC1CC(=O)CCC1Nc1ncc(Sc2ccc(Br)cc2)cn1. The Labute approximate surface area is 147 Å². The number of ketones is 1. The van der Waals surface area contributed by atoms with E-state index in [1.165, 1.54) is 0 Å². The molecule has 1 fully saturated rings. The maximum atomic E-state index is 11.4. The van der Waals surface area contributed by atoms with Crippen molar-refractivity contribution in [1.82, 2.24) is 9.97 Å². The Balaban J connectivity index is 1.60. The van der Waals surface area contributed by atoms with Gasteiger partial charge in [0.15, 0.2) is 0 Å². The molecular weight excluding hydrogens is 376 g/mol. The molecule has 1 saturated carbocycles. The molecule has 120 valence electrons. The number of halogens is 1. The Morgan fingerprint density at radius 3 is 2.52 bits per heavy atom. The lowest BCUT2D eigenvalue weighted by atomic mass is 9.90. The number of carbonyl (C=O) groups excluding carboxylic acids is 1. The summed E-state index contributed by atoms with van der Waals surface area (Å²) in [5.74, 6) is 0.790. The third-order valence-corrected chi connectivity index (χ3v) is 5.19. The maximum absolute atomic E-state index is 11.4. The van der Waals surface area contributed by atoms with Crippen LogP contribution in [0.15, 0.2) is 50.9 Å². The minimum atomic E-state index is -0.170. The van der Waals surface area contributed by atoms with E-state index in [4.69, 9.17) is 5.73 Å². The summed E-state index contributed by atoms with van der Waals surface area (Å²) >= 11 is 5.03. The third kappa shape index (κ3) is 4.53. The van der Waals surface area contributed by atoms with Crippen LogP contribution in [0.25, 0.3) is 0 Å². The molecule has 2 aromatic rings. The predicted octanol–water partition coefficient (Wildman–Crippen LogP) is 3.25. The number of hydrogen-bond donors (Lipinski definition) is 2. The highest BCUT2D eigenvalue weighted by Crippen LogP contribution is 2.28. The first-order chi connectivity index (χ1) is 11.1. The molecular formula is C16H17BrN4OS. The largest absolute Gasteiger partial charge is 0.350 e. The molecule has 0 bridgehead atoms. The smallest absolute Gasteiger partial charge is 0.222 e. The fourth-order valence-corrected chi connectivity index (χ4v) is 3.48. The van der Waals surface area contributed by atoms with Crippen molar-refractivity contribution in [3.8, 4) is 0 Å². The van der Waals surface area contributed by atoms with E-state index >= 15 is 0 Å². The number of anilines is 1. The first-order valence-electron chi connectivity index (χ1n) is 7.39. The monoisotopic (exact) mass is 392 g/mol. The fraction of sp³-hybridized carbons (Fsp3) is 0.312. The molecule has 0 amide bonds. The van der Waals surface area contributed by atoms with Crippen LogP contribution in [0.1, 0.15) is 19.3 Å². The molecule has 0 radical (unpaired) electrons. The second-order valence-electron chi connectivity index (χ2n) is 5.49. The highest BCUT2D eigenvalue weighted by molar-refractivity contribution is 9.10. The van der Waals surface area contributed by atoms with Crippen LogP contribution in [0.2, 0.25) is 0 Å². The Morgan fingerprint density at radius 1 is 1.17 bits per heavy atom. The van der Waals surface area contributed by atoms with Crippen molar-refractivity contribution < 1.29 is 4.79 Å². The molecule has 0 saturated heterocycles. The molecule has 3 rings (SSSR count). The third-order valence-electron chi connectivity index (χ3n) is 3.71. The number of carbonyl (C=O) groups is 1. The van der Waals surface area contributed by atoms with Crippen molar-refractivity contribution in [2.45, 2.75) is 41.1 Å². The zero-order chi connectivity index (χ0) is 16.2. The molecule has 0 spiro atoms. The number of rotatable bonds is 4. The van der Waals surface area contributed by atoms with Crippen molar-refractivity contribution in [1.29, 1.82) is 0 Å². The normalized spacial score (nSPS) is 21.2. The number of nitrogens with two attached hydrogens (primary N) is 1. The Bertz CT molecular complexity index is 677. The molecule has 0 aliphatic heterocycles. The quantitative estimate of drug-likeness (QED) is 0.830. The van der Waals surface area contributed by atoms with Gasteiger partial charge in [-0.2, -0.15) is 0 Å². The summed E-state index contributed by atoms with van der Waals surface area (Å²) in [6, 6.07) is 7.97. The molecule has 2 unspecified atom stereocenters. The first kappa shape index (κ1) is 16.4. The van der Waals surface area contributed by atoms with Crippen LogP contribution in [0.3, 0.4) is 0 Å². The fourth-order valence-electron chi connectivity index (χ4n) is 2.46. The number of hydrogen-bond acceptors (Lipinski definition) is 6. The van der Waals surface area contributed by atoms with Gasteiger partial charge in [-0.05, 0) is 30.7 Å². The van der Waals surface area contributed by atoms with E-state index in [0.29, 0.717) is 18.8 Å². The molecule has 1 aromatic carbocycles. The van der Waals surface area contributed by atoms with E-state index in [2.05, 4.69) is 31.2 Å². The molecule has 2 atom stereocenters. The molecule has 1 aliphatic rings. The first-order valence-corrected chi connectivity index (χ1v) is 9.00. The molecule has 5 nitrogen and oxygen atoms in total. The van der Waals surface area contributed by atoms with Gasteiger partial charge in [-0.3, -0.25) is 4.79 Å². The van der Waals surface area contributed by atoms with Crippen LogP contribution < -0.4 is 11.1 Å². The average molecular weight is 393 g/mol. The summed E-state index contributed by atoms with van der Waals surface area (Å²) < 4.78 is 1.06. The molecule has 3 N–H and O–H groups in total.